The van der Waals surface area contributed by atoms with Gasteiger partial charge in [0.15, 0.2) is 0 Å². The van der Waals surface area contributed by atoms with Crippen LogP contribution in [-0.4, -0.2) is 34.9 Å². The largest absolute Gasteiger partial charge is 0.465 e. The molecular weight excluding hydrogens is 318 g/mol. The molecule has 0 fully saturated rings. The molecule has 0 aromatic heterocycles. The summed E-state index contributed by atoms with van der Waals surface area (Å²) in [5, 5.41) is 24.4. The second-order valence-electron chi connectivity index (χ2n) is 4.85. The minimum absolute atomic E-state index is 0. The fourth-order valence-corrected chi connectivity index (χ4v) is 2.43. The van der Waals surface area contributed by atoms with Crippen molar-refractivity contribution in [1.82, 2.24) is 4.90 Å². The molecule has 3 N–H and O–H groups in total. The van der Waals surface area contributed by atoms with Gasteiger partial charge < -0.3 is 10.8 Å². The van der Waals surface area contributed by atoms with Gasteiger partial charge in [-0.15, -0.1) is 12.4 Å². The zero-order chi connectivity index (χ0) is 15.7. The smallest absolute Gasteiger partial charge is 0.407 e. The Morgan fingerprint density at radius 2 is 2.04 bits per heavy atom. The van der Waals surface area contributed by atoms with Crippen molar-refractivity contribution in [3.8, 4) is 6.07 Å². The van der Waals surface area contributed by atoms with Crippen molar-refractivity contribution in [2.75, 3.05) is 18.1 Å². The summed E-state index contributed by atoms with van der Waals surface area (Å²) >= 11 is 0. The molecule has 0 spiro atoms. The molecule has 0 saturated carbocycles. The van der Waals surface area contributed by atoms with Gasteiger partial charge in [0, 0.05) is 12.1 Å². The fourth-order valence-electron chi connectivity index (χ4n) is 2.43. The Morgan fingerprint density at radius 3 is 2.65 bits per heavy atom. The summed E-state index contributed by atoms with van der Waals surface area (Å²) in [4.78, 5) is 12.3. The van der Waals surface area contributed by atoms with Gasteiger partial charge in [0.2, 0.25) is 0 Å². The average molecular weight is 332 g/mol. The van der Waals surface area contributed by atoms with Crippen LogP contribution in [0, 0.1) is 11.3 Å². The van der Waals surface area contributed by atoms with E-state index in [1.807, 2.05) is 30.3 Å². The molecule has 2 aliphatic rings. The van der Waals surface area contributed by atoms with Gasteiger partial charge in [-0.05, 0) is 12.1 Å². The first-order valence-corrected chi connectivity index (χ1v) is 6.63. The second kappa shape index (κ2) is 6.42. The van der Waals surface area contributed by atoms with Crippen LogP contribution in [-0.2, 0) is 0 Å². The molecule has 1 amide bonds. The van der Waals surface area contributed by atoms with Crippen LogP contribution in [0.15, 0.2) is 58.5 Å². The van der Waals surface area contributed by atoms with Crippen molar-refractivity contribution < 1.29 is 9.90 Å². The van der Waals surface area contributed by atoms with E-state index >= 15 is 0 Å². The first-order chi connectivity index (χ1) is 10.6. The molecule has 2 aliphatic heterocycles. The van der Waals surface area contributed by atoms with Gasteiger partial charge in [0.05, 0.1) is 17.9 Å². The molecule has 0 saturated heterocycles. The molecule has 0 atom stereocenters. The highest BCUT2D eigenvalue weighted by molar-refractivity contribution is 6.09. The minimum Gasteiger partial charge on any atom is -0.465 e. The highest BCUT2D eigenvalue weighted by Crippen LogP contribution is 2.29. The van der Waals surface area contributed by atoms with Crippen LogP contribution in [0.3, 0.4) is 0 Å². The van der Waals surface area contributed by atoms with Crippen LogP contribution in [0.5, 0.6) is 0 Å². The molecule has 1 aromatic rings. The Morgan fingerprint density at radius 1 is 1.35 bits per heavy atom. The number of allylic oxidation sites excluding steroid dienone is 1. The van der Waals surface area contributed by atoms with E-state index < -0.39 is 6.09 Å². The molecule has 23 heavy (non-hydrogen) atoms. The van der Waals surface area contributed by atoms with E-state index in [1.54, 1.807) is 6.08 Å². The summed E-state index contributed by atoms with van der Waals surface area (Å²) in [6, 6.07) is 11.3. The lowest BCUT2D eigenvalue weighted by molar-refractivity contribution is 0.156. The maximum absolute atomic E-state index is 11.1. The third-order valence-corrected chi connectivity index (χ3v) is 3.52. The number of amides is 1. The van der Waals surface area contributed by atoms with Crippen molar-refractivity contribution in [3.63, 3.8) is 0 Å². The van der Waals surface area contributed by atoms with E-state index in [1.165, 1.54) is 9.91 Å². The SMILES string of the molecule is Cl.N#CC1=C(N)N(c2ccccc2)N=C2CN(C(=O)O)CC=C21. The predicted molar refractivity (Wildman–Crippen MR) is 88.1 cm³/mol. The lowest BCUT2D eigenvalue weighted by Crippen LogP contribution is -2.42. The molecule has 8 heteroatoms. The summed E-state index contributed by atoms with van der Waals surface area (Å²) < 4.78 is 0. The number of benzene rings is 1. The summed E-state index contributed by atoms with van der Waals surface area (Å²) in [6.45, 7) is 0.344. The van der Waals surface area contributed by atoms with E-state index in [4.69, 9.17) is 10.8 Å². The number of hydrogen-bond acceptors (Lipinski definition) is 5. The monoisotopic (exact) mass is 331 g/mol. The number of carbonyl (C=O) groups is 1. The number of para-hydroxylation sites is 1. The van der Waals surface area contributed by atoms with Crippen molar-refractivity contribution in [2.45, 2.75) is 0 Å². The predicted octanol–water partition coefficient (Wildman–Crippen LogP) is 1.90. The van der Waals surface area contributed by atoms with Gasteiger partial charge in [-0.1, -0.05) is 24.3 Å². The molecule has 1 aromatic carbocycles. The van der Waals surface area contributed by atoms with Crippen LogP contribution < -0.4 is 10.7 Å². The molecule has 0 bridgehead atoms. The standard InChI is InChI=1S/C15H13N5O2.ClH/c16-8-12-11-6-7-19(15(21)22)9-13(11)18-20(14(12)17)10-4-2-1-3-5-10;/h1-6H,7,9,17H2,(H,21,22);1H. The Labute approximate surface area is 139 Å². The molecule has 0 aliphatic carbocycles. The van der Waals surface area contributed by atoms with Crippen molar-refractivity contribution in [1.29, 1.82) is 5.26 Å². The first kappa shape index (κ1) is 16.4. The Hall–Kier alpha value is -2.98. The van der Waals surface area contributed by atoms with Gasteiger partial charge in [-0.3, -0.25) is 4.90 Å². The van der Waals surface area contributed by atoms with Gasteiger partial charge in [0.25, 0.3) is 0 Å². The Balaban J connectivity index is 0.00000192. The molecule has 0 unspecified atom stereocenters. The molecule has 3 rings (SSSR count). The van der Waals surface area contributed by atoms with Crippen LogP contribution in [0.2, 0.25) is 0 Å². The highest BCUT2D eigenvalue weighted by atomic mass is 35.5. The fraction of sp³-hybridized carbons (Fsp3) is 0.133. The number of carboxylic acid groups (broad SMARTS) is 1. The summed E-state index contributed by atoms with van der Waals surface area (Å²) in [7, 11) is 0. The van der Waals surface area contributed by atoms with Crippen molar-refractivity contribution in [2.24, 2.45) is 10.8 Å². The van der Waals surface area contributed by atoms with Gasteiger partial charge in [-0.2, -0.15) is 10.4 Å². The number of halogens is 1. The van der Waals surface area contributed by atoms with Gasteiger partial charge >= 0.3 is 6.09 Å². The van der Waals surface area contributed by atoms with Crippen LogP contribution in [0.4, 0.5) is 10.5 Å². The summed E-state index contributed by atoms with van der Waals surface area (Å²) in [6.07, 6.45) is 0.648. The maximum Gasteiger partial charge on any atom is 0.407 e. The number of nitrogens with two attached hydrogens (primary N) is 1. The van der Waals surface area contributed by atoms with E-state index in [0.717, 1.165) is 0 Å². The topological polar surface area (TPSA) is 106 Å². The first-order valence-electron chi connectivity index (χ1n) is 6.63. The normalized spacial score (nSPS) is 16.7. The molecular formula is C15H14ClN5O2. The molecule has 2 heterocycles. The summed E-state index contributed by atoms with van der Waals surface area (Å²) in [5.74, 6) is 0.243. The van der Waals surface area contributed by atoms with Gasteiger partial charge in [0.1, 0.15) is 17.5 Å². The van der Waals surface area contributed by atoms with Crippen LogP contribution in [0.1, 0.15) is 0 Å². The third-order valence-electron chi connectivity index (χ3n) is 3.52. The number of nitriles is 1. The zero-order valence-corrected chi connectivity index (χ0v) is 12.8. The van der Waals surface area contributed by atoms with E-state index in [-0.39, 0.29) is 31.3 Å². The maximum atomic E-state index is 11.1. The number of anilines is 1. The molecule has 118 valence electrons. The second-order valence-corrected chi connectivity index (χ2v) is 4.85. The average Bonchev–Trinajstić information content (AvgIpc) is 2.54. The van der Waals surface area contributed by atoms with E-state index in [9.17, 15) is 10.1 Å². The zero-order valence-electron chi connectivity index (χ0n) is 12.0. The quantitative estimate of drug-likeness (QED) is 0.817. The van der Waals surface area contributed by atoms with E-state index in [2.05, 4.69) is 11.2 Å². The number of hydrogen-bond donors (Lipinski definition) is 2. The van der Waals surface area contributed by atoms with Crippen LogP contribution >= 0.6 is 12.4 Å². The molecule has 0 radical (unpaired) electrons. The minimum atomic E-state index is -1.02. The number of hydrazone groups is 1. The highest BCUT2D eigenvalue weighted by Gasteiger charge is 2.31. The third kappa shape index (κ3) is 2.84. The number of rotatable bonds is 1. The lowest BCUT2D eigenvalue weighted by atomic mass is 9.97. The van der Waals surface area contributed by atoms with E-state index in [0.29, 0.717) is 22.5 Å². The van der Waals surface area contributed by atoms with Crippen LogP contribution in [0.25, 0.3) is 0 Å². The van der Waals surface area contributed by atoms with Gasteiger partial charge in [-0.25, -0.2) is 9.80 Å². The number of nitrogens with zero attached hydrogens (tertiary/aromatic N) is 4. The Bertz CT molecular complexity index is 764. The lowest BCUT2D eigenvalue weighted by Gasteiger charge is -2.32. The molecule has 7 nitrogen and oxygen atoms in total. The Kier molecular flexibility index (Phi) is 4.57. The van der Waals surface area contributed by atoms with Crippen molar-refractivity contribution in [3.05, 3.63) is 53.4 Å². The number of fused-ring (bicyclic) bond motifs is 1. The summed E-state index contributed by atoms with van der Waals surface area (Å²) in [5.41, 5.74) is 8.24. The van der Waals surface area contributed by atoms with Crippen molar-refractivity contribution >= 4 is 29.9 Å².